The Morgan fingerprint density at radius 3 is 2.75 bits per heavy atom. The topological polar surface area (TPSA) is 74.8 Å². The summed E-state index contributed by atoms with van der Waals surface area (Å²) in [4.78, 5) is 6.84. The smallest absolute Gasteiger partial charge is 0.264 e. The van der Waals surface area contributed by atoms with Crippen LogP contribution in [0.15, 0.2) is 46.2 Å². The van der Waals surface area contributed by atoms with Gasteiger partial charge in [0.2, 0.25) is 0 Å². The number of pyridine rings is 1. The summed E-state index contributed by atoms with van der Waals surface area (Å²) in [7, 11) is -3.55. The number of H-pyrrole nitrogens is 1. The molecule has 0 unspecified atom stereocenters. The highest BCUT2D eigenvalue weighted by Gasteiger charge is 2.14. The van der Waals surface area contributed by atoms with Crippen LogP contribution in [-0.2, 0) is 10.0 Å². The monoisotopic (exact) mass is 301 g/mol. The summed E-state index contributed by atoms with van der Waals surface area (Å²) in [5.41, 5.74) is 0. The molecular weight excluding hydrogens is 294 g/mol. The lowest BCUT2D eigenvalue weighted by atomic mass is 10.5. The number of halogens is 1. The molecule has 0 fully saturated rings. The molecule has 0 aliphatic heterocycles. The lowest BCUT2D eigenvalue weighted by Crippen LogP contribution is -2.13. The van der Waals surface area contributed by atoms with E-state index < -0.39 is 10.0 Å². The number of rotatable bonds is 3. The quantitative estimate of drug-likeness (QED) is 0.851. The van der Waals surface area contributed by atoms with Gasteiger partial charge in [0.05, 0.1) is 0 Å². The van der Waals surface area contributed by atoms with Gasteiger partial charge in [-0.25, -0.2) is 13.4 Å². The number of hydrogen-bond acceptors (Lipinski definition) is 3. The lowest BCUT2D eigenvalue weighted by Gasteiger charge is -2.05. The maximum absolute atomic E-state index is 11.8. The van der Waals surface area contributed by atoms with Crippen LogP contribution in [0.2, 0.25) is 0 Å². The molecule has 0 atom stereocenters. The van der Waals surface area contributed by atoms with Crippen molar-refractivity contribution < 1.29 is 8.42 Å². The molecule has 0 amide bonds. The van der Waals surface area contributed by atoms with Crippen molar-refractivity contribution in [3.05, 3.63) is 41.3 Å². The second kappa shape index (κ2) is 4.26. The average molecular weight is 302 g/mol. The van der Waals surface area contributed by atoms with E-state index in [-0.39, 0.29) is 10.7 Å². The first-order chi connectivity index (χ1) is 7.58. The zero-order valence-electron chi connectivity index (χ0n) is 8.01. The van der Waals surface area contributed by atoms with Crippen molar-refractivity contribution in [2.45, 2.75) is 4.90 Å². The van der Waals surface area contributed by atoms with Gasteiger partial charge in [0.15, 0.2) is 0 Å². The predicted octanol–water partition coefficient (Wildman–Crippen LogP) is 1.97. The predicted molar refractivity (Wildman–Crippen MR) is 63.5 cm³/mol. The van der Waals surface area contributed by atoms with Gasteiger partial charge in [-0.05, 0) is 34.1 Å². The minimum absolute atomic E-state index is 0.175. The van der Waals surface area contributed by atoms with Gasteiger partial charge in [0.1, 0.15) is 15.3 Å². The molecule has 0 aliphatic carbocycles. The molecule has 0 spiro atoms. The number of nitrogens with zero attached hydrogens (tertiary/aromatic N) is 1. The van der Waals surface area contributed by atoms with E-state index in [2.05, 4.69) is 30.6 Å². The molecule has 2 rings (SSSR count). The van der Waals surface area contributed by atoms with Crippen LogP contribution in [-0.4, -0.2) is 18.4 Å². The molecule has 0 saturated heterocycles. The van der Waals surface area contributed by atoms with Crippen LogP contribution in [0.4, 0.5) is 5.82 Å². The zero-order chi connectivity index (χ0) is 11.6. The molecule has 7 heteroatoms. The van der Waals surface area contributed by atoms with Gasteiger partial charge in [-0.2, -0.15) is 0 Å². The Bertz CT molecular complexity index is 581. The summed E-state index contributed by atoms with van der Waals surface area (Å²) in [6.07, 6.45) is 2.95. The SMILES string of the molecule is O=S(=O)(Nc1cccc(Br)n1)c1cc[nH]c1. The number of aromatic amines is 1. The summed E-state index contributed by atoms with van der Waals surface area (Å²) in [5, 5.41) is 0. The van der Waals surface area contributed by atoms with Crippen LogP contribution in [0.1, 0.15) is 0 Å². The Morgan fingerprint density at radius 2 is 2.12 bits per heavy atom. The molecule has 0 aromatic carbocycles. The van der Waals surface area contributed by atoms with E-state index in [1.807, 2.05) is 0 Å². The minimum Gasteiger partial charge on any atom is -0.366 e. The minimum atomic E-state index is -3.55. The van der Waals surface area contributed by atoms with Crippen molar-refractivity contribution in [1.29, 1.82) is 0 Å². The fourth-order valence-electron chi connectivity index (χ4n) is 1.14. The van der Waals surface area contributed by atoms with Crippen molar-refractivity contribution >= 4 is 31.8 Å². The molecule has 84 valence electrons. The number of aromatic nitrogens is 2. The second-order valence-corrected chi connectivity index (χ2v) is 5.49. The standard InChI is InChI=1S/C9H8BrN3O2S/c10-8-2-1-3-9(12-8)13-16(14,15)7-4-5-11-6-7/h1-6,11H,(H,12,13). The third-order valence-electron chi connectivity index (χ3n) is 1.83. The summed E-state index contributed by atoms with van der Waals surface area (Å²) in [5.74, 6) is 0.274. The van der Waals surface area contributed by atoms with Gasteiger partial charge >= 0.3 is 0 Å². The van der Waals surface area contributed by atoms with Crippen molar-refractivity contribution in [3.8, 4) is 0 Å². The number of sulfonamides is 1. The van der Waals surface area contributed by atoms with Crippen LogP contribution in [0.25, 0.3) is 0 Å². The van der Waals surface area contributed by atoms with Crippen LogP contribution in [0.3, 0.4) is 0 Å². The fourth-order valence-corrected chi connectivity index (χ4v) is 2.46. The lowest BCUT2D eigenvalue weighted by molar-refractivity contribution is 0.601. The van der Waals surface area contributed by atoms with E-state index in [4.69, 9.17) is 0 Å². The first kappa shape index (κ1) is 11.2. The molecular formula is C9H8BrN3O2S. The summed E-state index contributed by atoms with van der Waals surface area (Å²) in [6.45, 7) is 0. The Kier molecular flexibility index (Phi) is 2.97. The molecule has 0 radical (unpaired) electrons. The normalized spacial score (nSPS) is 11.3. The average Bonchev–Trinajstić information content (AvgIpc) is 2.69. The summed E-state index contributed by atoms with van der Waals surface area (Å²) >= 11 is 3.17. The molecule has 2 aromatic heterocycles. The van der Waals surface area contributed by atoms with E-state index in [0.29, 0.717) is 4.60 Å². The molecule has 0 aliphatic rings. The van der Waals surface area contributed by atoms with Gasteiger partial charge in [-0.3, -0.25) is 4.72 Å². The van der Waals surface area contributed by atoms with Crippen LogP contribution >= 0.6 is 15.9 Å². The number of hydrogen-bond donors (Lipinski definition) is 2. The van der Waals surface area contributed by atoms with Crippen molar-refractivity contribution in [2.24, 2.45) is 0 Å². The maximum atomic E-state index is 11.8. The van der Waals surface area contributed by atoms with Crippen molar-refractivity contribution in [1.82, 2.24) is 9.97 Å². The Morgan fingerprint density at radius 1 is 1.31 bits per heavy atom. The zero-order valence-corrected chi connectivity index (χ0v) is 10.4. The van der Waals surface area contributed by atoms with E-state index in [1.165, 1.54) is 12.3 Å². The van der Waals surface area contributed by atoms with Gasteiger partial charge in [-0.15, -0.1) is 0 Å². The molecule has 2 N–H and O–H groups in total. The maximum Gasteiger partial charge on any atom is 0.264 e. The van der Waals surface area contributed by atoms with E-state index in [0.717, 1.165) is 0 Å². The summed E-state index contributed by atoms with van der Waals surface area (Å²) in [6, 6.07) is 6.47. The van der Waals surface area contributed by atoms with E-state index >= 15 is 0 Å². The van der Waals surface area contributed by atoms with E-state index in [1.54, 1.807) is 24.4 Å². The van der Waals surface area contributed by atoms with Crippen LogP contribution in [0.5, 0.6) is 0 Å². The third kappa shape index (κ3) is 2.42. The van der Waals surface area contributed by atoms with Gasteiger partial charge < -0.3 is 4.98 Å². The van der Waals surface area contributed by atoms with Crippen LogP contribution < -0.4 is 4.72 Å². The van der Waals surface area contributed by atoms with Crippen molar-refractivity contribution in [2.75, 3.05) is 4.72 Å². The fraction of sp³-hybridized carbons (Fsp3) is 0. The van der Waals surface area contributed by atoms with Crippen LogP contribution in [0, 0.1) is 0 Å². The Hall–Kier alpha value is -1.34. The molecule has 16 heavy (non-hydrogen) atoms. The van der Waals surface area contributed by atoms with Gasteiger partial charge in [-0.1, -0.05) is 6.07 Å². The second-order valence-electron chi connectivity index (χ2n) is 3.00. The molecule has 0 saturated carbocycles. The third-order valence-corrected chi connectivity index (χ3v) is 3.63. The van der Waals surface area contributed by atoms with Gasteiger partial charge in [0, 0.05) is 12.4 Å². The first-order valence-corrected chi connectivity index (χ1v) is 6.64. The number of anilines is 1. The Labute approximate surface area is 101 Å². The van der Waals surface area contributed by atoms with Gasteiger partial charge in [0.25, 0.3) is 10.0 Å². The highest BCUT2D eigenvalue weighted by atomic mass is 79.9. The molecule has 0 bridgehead atoms. The Balaban J connectivity index is 2.29. The highest BCUT2D eigenvalue weighted by molar-refractivity contribution is 9.10. The first-order valence-electron chi connectivity index (χ1n) is 4.36. The summed E-state index contributed by atoms with van der Waals surface area (Å²) < 4.78 is 26.5. The molecule has 5 nitrogen and oxygen atoms in total. The highest BCUT2D eigenvalue weighted by Crippen LogP contribution is 2.15. The number of nitrogens with one attached hydrogen (secondary N) is 2. The van der Waals surface area contributed by atoms with Crippen molar-refractivity contribution in [3.63, 3.8) is 0 Å². The molecule has 2 aromatic rings. The molecule has 2 heterocycles. The largest absolute Gasteiger partial charge is 0.366 e. The van der Waals surface area contributed by atoms with E-state index in [9.17, 15) is 8.42 Å².